The van der Waals surface area contributed by atoms with Gasteiger partial charge >= 0.3 is 0 Å². The molecular formula is C17H19N3O2. The lowest BCUT2D eigenvalue weighted by Crippen LogP contribution is -2.46. The number of ether oxygens (including phenoxy) is 1. The lowest BCUT2D eigenvalue weighted by molar-refractivity contribution is -0.129. The van der Waals surface area contributed by atoms with Crippen molar-refractivity contribution in [3.63, 3.8) is 0 Å². The number of benzene rings is 1. The van der Waals surface area contributed by atoms with E-state index in [1.165, 1.54) is 5.56 Å². The van der Waals surface area contributed by atoms with E-state index in [-0.39, 0.29) is 18.1 Å². The zero-order chi connectivity index (χ0) is 14.9. The fourth-order valence-electron chi connectivity index (χ4n) is 3.33. The number of para-hydroxylation sites is 1. The van der Waals surface area contributed by atoms with Crippen molar-refractivity contribution in [3.8, 4) is 5.75 Å². The Morgan fingerprint density at radius 1 is 1.27 bits per heavy atom. The summed E-state index contributed by atoms with van der Waals surface area (Å²) in [5.41, 5.74) is 3.46. The lowest BCUT2D eigenvalue weighted by Gasteiger charge is -2.28. The van der Waals surface area contributed by atoms with Gasteiger partial charge in [0, 0.05) is 18.2 Å². The van der Waals surface area contributed by atoms with E-state index >= 15 is 0 Å². The van der Waals surface area contributed by atoms with E-state index in [0.717, 1.165) is 49.2 Å². The number of H-pyrrole nitrogens is 1. The van der Waals surface area contributed by atoms with Gasteiger partial charge in [0.15, 0.2) is 6.10 Å². The number of aryl methyl sites for hydroxylation is 2. The van der Waals surface area contributed by atoms with Gasteiger partial charge in [0.25, 0.3) is 5.91 Å². The maximum atomic E-state index is 12.5. The molecule has 1 amide bonds. The zero-order valence-corrected chi connectivity index (χ0v) is 12.3. The van der Waals surface area contributed by atoms with Crippen molar-refractivity contribution < 1.29 is 9.53 Å². The van der Waals surface area contributed by atoms with Crippen molar-refractivity contribution in [1.82, 2.24) is 15.3 Å². The molecule has 4 rings (SSSR count). The highest BCUT2D eigenvalue weighted by molar-refractivity contribution is 5.81. The number of nitrogens with zero attached hydrogens (tertiary/aromatic N) is 1. The SMILES string of the molecule is O=C(NC1CCc2nc[nH]c2C1)C1CCc2ccccc2O1. The molecule has 0 spiro atoms. The van der Waals surface area contributed by atoms with Gasteiger partial charge < -0.3 is 15.0 Å². The first-order chi connectivity index (χ1) is 10.8. The van der Waals surface area contributed by atoms with Gasteiger partial charge in [0.05, 0.1) is 12.0 Å². The summed E-state index contributed by atoms with van der Waals surface area (Å²) in [4.78, 5) is 19.9. The summed E-state index contributed by atoms with van der Waals surface area (Å²) in [6, 6.07) is 8.12. The van der Waals surface area contributed by atoms with E-state index in [9.17, 15) is 4.79 Å². The number of nitrogens with one attached hydrogen (secondary N) is 2. The average molecular weight is 297 g/mol. The molecule has 2 aromatic rings. The van der Waals surface area contributed by atoms with Crippen LogP contribution >= 0.6 is 0 Å². The van der Waals surface area contributed by atoms with E-state index in [4.69, 9.17) is 4.74 Å². The molecule has 0 saturated carbocycles. The average Bonchev–Trinajstić information content (AvgIpc) is 3.02. The Kier molecular flexibility index (Phi) is 3.33. The number of carbonyl (C=O) groups excluding carboxylic acids is 1. The Labute approximate surface area is 129 Å². The van der Waals surface area contributed by atoms with Crippen molar-refractivity contribution >= 4 is 5.91 Å². The Hall–Kier alpha value is -2.30. The standard InChI is InChI=1S/C17H19N3O2/c21-17(16-8-5-11-3-1-2-4-15(11)22-16)20-12-6-7-13-14(9-12)19-10-18-13/h1-4,10,12,16H,5-9H2,(H,18,19)(H,20,21). The van der Waals surface area contributed by atoms with E-state index in [0.29, 0.717) is 0 Å². The lowest BCUT2D eigenvalue weighted by atomic mass is 9.95. The van der Waals surface area contributed by atoms with Gasteiger partial charge in [-0.25, -0.2) is 4.98 Å². The normalized spacial score (nSPS) is 23.1. The van der Waals surface area contributed by atoms with Crippen molar-refractivity contribution in [1.29, 1.82) is 0 Å². The van der Waals surface area contributed by atoms with Gasteiger partial charge in [-0.15, -0.1) is 0 Å². The highest BCUT2D eigenvalue weighted by Gasteiger charge is 2.29. The summed E-state index contributed by atoms with van der Waals surface area (Å²) in [6.07, 6.45) is 5.66. The molecule has 2 atom stereocenters. The largest absolute Gasteiger partial charge is 0.480 e. The summed E-state index contributed by atoms with van der Waals surface area (Å²) in [6.45, 7) is 0. The number of aromatic amines is 1. The Balaban J connectivity index is 1.39. The third-order valence-electron chi connectivity index (χ3n) is 4.54. The molecule has 2 N–H and O–H groups in total. The van der Waals surface area contributed by atoms with Crippen molar-refractivity contribution in [3.05, 3.63) is 47.5 Å². The quantitative estimate of drug-likeness (QED) is 0.888. The monoisotopic (exact) mass is 297 g/mol. The van der Waals surface area contributed by atoms with Gasteiger partial charge in [-0.2, -0.15) is 0 Å². The third-order valence-corrected chi connectivity index (χ3v) is 4.54. The maximum Gasteiger partial charge on any atom is 0.261 e. The minimum absolute atomic E-state index is 0.00229. The molecule has 22 heavy (non-hydrogen) atoms. The second-order valence-electron chi connectivity index (χ2n) is 6.03. The van der Waals surface area contributed by atoms with Crippen LogP contribution < -0.4 is 10.1 Å². The van der Waals surface area contributed by atoms with Crippen LogP contribution in [-0.4, -0.2) is 28.0 Å². The first-order valence-electron chi connectivity index (χ1n) is 7.85. The van der Waals surface area contributed by atoms with Crippen LogP contribution in [0.15, 0.2) is 30.6 Å². The molecule has 0 fully saturated rings. The molecule has 1 aromatic heterocycles. The first kappa shape index (κ1) is 13.4. The Morgan fingerprint density at radius 3 is 3.14 bits per heavy atom. The number of fused-ring (bicyclic) bond motifs is 2. The molecule has 0 saturated heterocycles. The molecule has 2 aliphatic rings. The van der Waals surface area contributed by atoms with Gasteiger partial charge in [-0.05, 0) is 37.3 Å². The first-order valence-corrected chi connectivity index (χ1v) is 7.85. The zero-order valence-electron chi connectivity index (χ0n) is 12.3. The maximum absolute atomic E-state index is 12.5. The molecule has 1 aliphatic carbocycles. The van der Waals surface area contributed by atoms with Crippen LogP contribution in [0.1, 0.15) is 29.8 Å². The van der Waals surface area contributed by atoms with Crippen LogP contribution in [0, 0.1) is 0 Å². The van der Waals surface area contributed by atoms with Gasteiger partial charge in [0.1, 0.15) is 5.75 Å². The van der Waals surface area contributed by atoms with E-state index in [1.54, 1.807) is 6.33 Å². The smallest absolute Gasteiger partial charge is 0.261 e. The van der Waals surface area contributed by atoms with Crippen LogP contribution in [0.2, 0.25) is 0 Å². The van der Waals surface area contributed by atoms with E-state index in [2.05, 4.69) is 21.4 Å². The van der Waals surface area contributed by atoms with E-state index < -0.39 is 0 Å². The molecule has 0 radical (unpaired) electrons. The van der Waals surface area contributed by atoms with Crippen LogP contribution in [0.3, 0.4) is 0 Å². The molecule has 2 heterocycles. The summed E-state index contributed by atoms with van der Waals surface area (Å²) in [5.74, 6) is 0.843. The number of rotatable bonds is 2. The fraction of sp³-hybridized carbons (Fsp3) is 0.412. The summed E-state index contributed by atoms with van der Waals surface area (Å²) >= 11 is 0. The topological polar surface area (TPSA) is 67.0 Å². The predicted molar refractivity (Wildman–Crippen MR) is 81.7 cm³/mol. The van der Waals surface area contributed by atoms with Crippen LogP contribution in [0.25, 0.3) is 0 Å². The number of aromatic nitrogens is 2. The Morgan fingerprint density at radius 2 is 2.18 bits per heavy atom. The fourth-order valence-corrected chi connectivity index (χ4v) is 3.33. The number of hydrogen-bond acceptors (Lipinski definition) is 3. The molecule has 1 aromatic carbocycles. The second-order valence-corrected chi connectivity index (χ2v) is 6.03. The van der Waals surface area contributed by atoms with Gasteiger partial charge in [-0.3, -0.25) is 4.79 Å². The number of imidazole rings is 1. The molecular weight excluding hydrogens is 278 g/mol. The van der Waals surface area contributed by atoms with Crippen LogP contribution in [0.4, 0.5) is 0 Å². The molecule has 1 aliphatic heterocycles. The number of carbonyl (C=O) groups is 1. The molecule has 114 valence electrons. The number of hydrogen-bond donors (Lipinski definition) is 2. The highest BCUT2D eigenvalue weighted by Crippen LogP contribution is 2.27. The molecule has 5 heteroatoms. The highest BCUT2D eigenvalue weighted by atomic mass is 16.5. The number of amides is 1. The minimum atomic E-state index is -0.377. The van der Waals surface area contributed by atoms with Crippen molar-refractivity contribution in [2.75, 3.05) is 0 Å². The van der Waals surface area contributed by atoms with Crippen molar-refractivity contribution in [2.45, 2.75) is 44.2 Å². The molecule has 0 bridgehead atoms. The minimum Gasteiger partial charge on any atom is -0.480 e. The molecule has 5 nitrogen and oxygen atoms in total. The summed E-state index contributed by atoms with van der Waals surface area (Å²) in [5, 5.41) is 3.14. The summed E-state index contributed by atoms with van der Waals surface area (Å²) < 4.78 is 5.86. The van der Waals surface area contributed by atoms with Crippen LogP contribution in [-0.2, 0) is 24.1 Å². The van der Waals surface area contributed by atoms with Gasteiger partial charge in [0.2, 0.25) is 0 Å². The van der Waals surface area contributed by atoms with Crippen molar-refractivity contribution in [2.24, 2.45) is 0 Å². The van der Waals surface area contributed by atoms with Crippen LogP contribution in [0.5, 0.6) is 5.75 Å². The van der Waals surface area contributed by atoms with Gasteiger partial charge in [-0.1, -0.05) is 18.2 Å². The summed E-state index contributed by atoms with van der Waals surface area (Å²) in [7, 11) is 0. The third kappa shape index (κ3) is 2.47. The second kappa shape index (κ2) is 5.48. The van der Waals surface area contributed by atoms with E-state index in [1.807, 2.05) is 18.2 Å². The Bertz CT molecular complexity index is 695. The predicted octanol–water partition coefficient (Wildman–Crippen LogP) is 1.78. The molecule has 2 unspecified atom stereocenters.